The normalized spacial score (nSPS) is 10.5. The summed E-state index contributed by atoms with van der Waals surface area (Å²) in [6.45, 7) is 0.366. The fourth-order valence-corrected chi connectivity index (χ4v) is 1.86. The van der Waals surface area contributed by atoms with Gasteiger partial charge >= 0.3 is 0 Å². The highest BCUT2D eigenvalue weighted by atomic mass is 16.1. The Morgan fingerprint density at radius 3 is 2.56 bits per heavy atom. The summed E-state index contributed by atoms with van der Waals surface area (Å²) in [6, 6.07) is 9.42. The lowest BCUT2D eigenvalue weighted by Crippen LogP contribution is -2.32. The quantitative estimate of drug-likeness (QED) is 0.453. The van der Waals surface area contributed by atoms with E-state index in [4.69, 9.17) is 16.9 Å². The zero-order chi connectivity index (χ0) is 13.1. The van der Waals surface area contributed by atoms with Crippen LogP contribution in [0.25, 0.3) is 11.3 Å². The summed E-state index contributed by atoms with van der Waals surface area (Å²) < 4.78 is 1.02. The van der Waals surface area contributed by atoms with Crippen molar-refractivity contribution in [1.29, 1.82) is 5.41 Å². The maximum atomic E-state index is 12.0. The molecule has 0 atom stereocenters. The van der Waals surface area contributed by atoms with Gasteiger partial charge in [0.1, 0.15) is 0 Å². The van der Waals surface area contributed by atoms with Gasteiger partial charge in [-0.1, -0.05) is 30.3 Å². The van der Waals surface area contributed by atoms with E-state index in [9.17, 15) is 4.79 Å². The summed E-state index contributed by atoms with van der Waals surface area (Å²) >= 11 is 0. The monoisotopic (exact) mass is 245 g/mol. The minimum Gasteiger partial charge on any atom is -0.368 e. The number of aromatic amines is 1. The molecule has 94 valence electrons. The number of nitrogens with one attached hydrogen (secondary N) is 2. The van der Waals surface area contributed by atoms with E-state index in [2.05, 4.69) is 5.10 Å². The van der Waals surface area contributed by atoms with Crippen LogP contribution in [0.4, 0.5) is 0 Å². The molecular weight excluding hydrogens is 230 g/mol. The molecule has 0 saturated carbocycles. The molecule has 1 aromatic heterocycles. The molecule has 0 saturated heterocycles. The molecule has 1 aromatic carbocycles. The van der Waals surface area contributed by atoms with Crippen LogP contribution >= 0.6 is 0 Å². The maximum absolute atomic E-state index is 12.0. The van der Waals surface area contributed by atoms with Crippen molar-refractivity contribution in [2.45, 2.75) is 6.42 Å². The number of benzene rings is 1. The average Bonchev–Trinajstić information content (AvgIpc) is 2.69. The molecule has 0 bridgehead atoms. The van der Waals surface area contributed by atoms with Crippen LogP contribution < -0.4 is 17.0 Å². The zero-order valence-electron chi connectivity index (χ0n) is 9.81. The van der Waals surface area contributed by atoms with Crippen molar-refractivity contribution in [1.82, 2.24) is 9.78 Å². The van der Waals surface area contributed by atoms with Crippen LogP contribution in [0.15, 0.2) is 35.1 Å². The Bertz CT molecular complexity index is 611. The fraction of sp³-hybridized carbons (Fsp3) is 0.167. The van der Waals surface area contributed by atoms with Gasteiger partial charge < -0.3 is 11.5 Å². The van der Waals surface area contributed by atoms with Crippen molar-refractivity contribution < 1.29 is 0 Å². The Morgan fingerprint density at radius 1 is 1.33 bits per heavy atom. The van der Waals surface area contributed by atoms with Crippen LogP contribution in [-0.2, 0) is 6.42 Å². The standard InChI is InChI=1S/C12H15N5O/c13-7-6-9-10(8-4-2-1-3-5-8)16-17(11(9)18)12(14)15/h1-5,16H,6-7,13H2,(H3,14,15). The summed E-state index contributed by atoms with van der Waals surface area (Å²) in [7, 11) is 0. The average molecular weight is 245 g/mol. The zero-order valence-corrected chi connectivity index (χ0v) is 9.81. The molecule has 0 spiro atoms. The molecule has 0 fully saturated rings. The minimum atomic E-state index is -0.333. The van der Waals surface area contributed by atoms with E-state index in [0.29, 0.717) is 24.2 Å². The Labute approximate surface area is 104 Å². The number of nitrogens with zero attached hydrogens (tertiary/aromatic N) is 1. The highest BCUT2D eigenvalue weighted by molar-refractivity contribution is 5.77. The van der Waals surface area contributed by atoms with E-state index in [-0.39, 0.29) is 11.5 Å². The third-order valence-corrected chi connectivity index (χ3v) is 2.68. The molecule has 2 rings (SSSR count). The summed E-state index contributed by atoms with van der Waals surface area (Å²) in [5, 5.41) is 10.2. The molecule has 0 aliphatic carbocycles. The lowest BCUT2D eigenvalue weighted by atomic mass is 10.1. The van der Waals surface area contributed by atoms with Crippen LogP contribution in [0.5, 0.6) is 0 Å². The van der Waals surface area contributed by atoms with Crippen LogP contribution in [0, 0.1) is 5.41 Å². The number of nitrogens with two attached hydrogens (primary N) is 2. The molecule has 6 heteroatoms. The van der Waals surface area contributed by atoms with Crippen LogP contribution in [0.1, 0.15) is 5.56 Å². The molecule has 6 nitrogen and oxygen atoms in total. The molecule has 2 aromatic rings. The van der Waals surface area contributed by atoms with Gasteiger partial charge in [-0.2, -0.15) is 4.68 Å². The highest BCUT2D eigenvalue weighted by Gasteiger charge is 2.15. The predicted molar refractivity (Wildman–Crippen MR) is 70.6 cm³/mol. The van der Waals surface area contributed by atoms with Crippen LogP contribution in [-0.4, -0.2) is 22.3 Å². The molecule has 0 aliphatic heterocycles. The van der Waals surface area contributed by atoms with Gasteiger partial charge in [0.05, 0.1) is 5.69 Å². The molecule has 0 amide bonds. The van der Waals surface area contributed by atoms with Crippen molar-refractivity contribution in [3.8, 4) is 11.3 Å². The van der Waals surface area contributed by atoms with E-state index in [1.807, 2.05) is 30.3 Å². The van der Waals surface area contributed by atoms with Crippen molar-refractivity contribution in [3.63, 3.8) is 0 Å². The summed E-state index contributed by atoms with van der Waals surface area (Å²) in [5.74, 6) is -0.333. The molecule has 0 unspecified atom stereocenters. The number of aromatic nitrogens is 2. The van der Waals surface area contributed by atoms with Crippen molar-refractivity contribution in [2.75, 3.05) is 6.54 Å². The number of rotatable bonds is 3. The Morgan fingerprint density at radius 2 is 2.00 bits per heavy atom. The maximum Gasteiger partial charge on any atom is 0.277 e. The first-order chi connectivity index (χ1) is 8.65. The number of H-pyrrole nitrogens is 1. The largest absolute Gasteiger partial charge is 0.368 e. The predicted octanol–water partition coefficient (Wildman–Crippen LogP) is 0.0862. The van der Waals surface area contributed by atoms with Gasteiger partial charge in [0.25, 0.3) is 5.56 Å². The molecule has 0 radical (unpaired) electrons. The number of hydrogen-bond acceptors (Lipinski definition) is 3. The van der Waals surface area contributed by atoms with Gasteiger partial charge in [-0.05, 0) is 18.5 Å². The van der Waals surface area contributed by atoms with E-state index < -0.39 is 0 Å². The highest BCUT2D eigenvalue weighted by Crippen LogP contribution is 2.19. The second-order valence-corrected chi connectivity index (χ2v) is 3.90. The van der Waals surface area contributed by atoms with Gasteiger partial charge in [-0.3, -0.25) is 15.3 Å². The van der Waals surface area contributed by atoms with Crippen molar-refractivity contribution in [2.24, 2.45) is 11.5 Å². The third-order valence-electron chi connectivity index (χ3n) is 2.68. The summed E-state index contributed by atoms with van der Waals surface area (Å²) in [4.78, 5) is 12.0. The lowest BCUT2D eigenvalue weighted by Gasteiger charge is -2.00. The van der Waals surface area contributed by atoms with Crippen LogP contribution in [0.2, 0.25) is 0 Å². The molecule has 0 aliphatic rings. The Balaban J connectivity index is 2.63. The molecular formula is C12H15N5O. The van der Waals surface area contributed by atoms with E-state index in [0.717, 1.165) is 10.2 Å². The number of nitrogen functional groups attached to an aromatic ring is 1. The van der Waals surface area contributed by atoms with E-state index >= 15 is 0 Å². The molecule has 6 N–H and O–H groups in total. The van der Waals surface area contributed by atoms with Gasteiger partial charge in [0.2, 0.25) is 5.96 Å². The smallest absolute Gasteiger partial charge is 0.277 e. The van der Waals surface area contributed by atoms with Crippen molar-refractivity contribution >= 4 is 5.96 Å². The first-order valence-electron chi connectivity index (χ1n) is 5.59. The van der Waals surface area contributed by atoms with Gasteiger partial charge in [-0.25, -0.2) is 0 Å². The molecule has 18 heavy (non-hydrogen) atoms. The summed E-state index contributed by atoms with van der Waals surface area (Å²) in [5.41, 5.74) is 12.7. The van der Waals surface area contributed by atoms with Crippen LogP contribution in [0.3, 0.4) is 0 Å². The second-order valence-electron chi connectivity index (χ2n) is 3.90. The van der Waals surface area contributed by atoms with Gasteiger partial charge in [0, 0.05) is 5.56 Å². The second kappa shape index (κ2) is 4.89. The van der Waals surface area contributed by atoms with E-state index in [1.165, 1.54) is 0 Å². The lowest BCUT2D eigenvalue weighted by molar-refractivity contribution is 0.876. The topological polar surface area (TPSA) is 114 Å². The first kappa shape index (κ1) is 12.1. The Kier molecular flexibility index (Phi) is 3.29. The SMILES string of the molecule is N=C(N)n1[nH]c(-c2ccccc2)c(CCN)c1=O. The van der Waals surface area contributed by atoms with Gasteiger partial charge in [-0.15, -0.1) is 0 Å². The molecule has 1 heterocycles. The minimum absolute atomic E-state index is 0.313. The van der Waals surface area contributed by atoms with Crippen molar-refractivity contribution in [3.05, 3.63) is 46.2 Å². The number of hydrogen-bond donors (Lipinski definition) is 4. The van der Waals surface area contributed by atoms with E-state index in [1.54, 1.807) is 0 Å². The fourth-order valence-electron chi connectivity index (χ4n) is 1.86. The third kappa shape index (κ3) is 2.05. The van der Waals surface area contributed by atoms with Gasteiger partial charge in [0.15, 0.2) is 0 Å². The Hall–Kier alpha value is -2.34. The summed E-state index contributed by atoms with van der Waals surface area (Å²) in [6.07, 6.45) is 0.444. The first-order valence-corrected chi connectivity index (χ1v) is 5.59.